The molecule has 0 bridgehead atoms. The van der Waals surface area contributed by atoms with Gasteiger partial charge in [0.15, 0.2) is 0 Å². The smallest absolute Gasteiger partial charge is 0.241 e. The number of halogens is 1. The fraction of sp³-hybridized carbons (Fsp3) is 0.222. The molecule has 0 radical (unpaired) electrons. The Labute approximate surface area is 75.9 Å². The van der Waals surface area contributed by atoms with Gasteiger partial charge >= 0.3 is 0 Å². The van der Waals surface area contributed by atoms with Crippen molar-refractivity contribution in [3.05, 3.63) is 29.8 Å². The van der Waals surface area contributed by atoms with Gasteiger partial charge in [-0.1, -0.05) is 18.2 Å². The Kier molecular flexibility index (Phi) is 1.77. The molecule has 2 rings (SSSR count). The zero-order valence-corrected chi connectivity index (χ0v) is 7.21. The highest BCUT2D eigenvalue weighted by atomic mass is 35.5. The minimum atomic E-state index is -0.0182. The SMILES string of the molecule is O=C1CCc2ccccc2N1Cl. The maximum atomic E-state index is 11.2. The summed E-state index contributed by atoms with van der Waals surface area (Å²) in [6, 6.07) is 7.70. The van der Waals surface area contributed by atoms with Crippen LogP contribution >= 0.6 is 11.8 Å². The van der Waals surface area contributed by atoms with Crippen LogP contribution in [0.2, 0.25) is 0 Å². The summed E-state index contributed by atoms with van der Waals surface area (Å²) in [5.41, 5.74) is 1.97. The van der Waals surface area contributed by atoms with Gasteiger partial charge in [-0.05, 0) is 18.1 Å². The Morgan fingerprint density at radius 3 is 2.83 bits per heavy atom. The van der Waals surface area contributed by atoms with Crippen LogP contribution < -0.4 is 4.42 Å². The van der Waals surface area contributed by atoms with E-state index in [4.69, 9.17) is 11.8 Å². The number of rotatable bonds is 0. The van der Waals surface area contributed by atoms with Gasteiger partial charge in [0, 0.05) is 18.2 Å². The van der Waals surface area contributed by atoms with E-state index >= 15 is 0 Å². The summed E-state index contributed by atoms with van der Waals surface area (Å²) in [5, 5.41) is 0. The van der Waals surface area contributed by atoms with Crippen LogP contribution in [-0.4, -0.2) is 5.91 Å². The largest absolute Gasteiger partial charge is 0.273 e. The molecular weight excluding hydrogens is 174 g/mol. The average Bonchev–Trinajstić information content (AvgIpc) is 2.12. The van der Waals surface area contributed by atoms with Crippen molar-refractivity contribution in [3.63, 3.8) is 0 Å². The van der Waals surface area contributed by atoms with Crippen molar-refractivity contribution in [1.82, 2.24) is 0 Å². The predicted molar refractivity (Wildman–Crippen MR) is 48.1 cm³/mol. The molecule has 12 heavy (non-hydrogen) atoms. The lowest BCUT2D eigenvalue weighted by Gasteiger charge is -2.22. The van der Waals surface area contributed by atoms with Gasteiger partial charge in [0.1, 0.15) is 0 Å². The van der Waals surface area contributed by atoms with Crippen LogP contribution in [0, 0.1) is 0 Å². The number of benzene rings is 1. The van der Waals surface area contributed by atoms with Crippen molar-refractivity contribution >= 4 is 23.4 Å². The number of anilines is 1. The van der Waals surface area contributed by atoms with Gasteiger partial charge in [0.05, 0.1) is 5.69 Å². The quantitative estimate of drug-likeness (QED) is 0.562. The molecule has 1 amide bonds. The zero-order valence-electron chi connectivity index (χ0n) is 6.46. The molecule has 1 heterocycles. The topological polar surface area (TPSA) is 20.3 Å². The Morgan fingerprint density at radius 2 is 2.00 bits per heavy atom. The molecule has 0 fully saturated rings. The molecule has 0 atom stereocenters. The highest BCUT2D eigenvalue weighted by molar-refractivity contribution is 6.37. The molecule has 1 aliphatic rings. The molecule has 3 heteroatoms. The van der Waals surface area contributed by atoms with Crippen LogP contribution in [-0.2, 0) is 11.2 Å². The molecule has 0 spiro atoms. The number of nitrogens with zero attached hydrogens (tertiary/aromatic N) is 1. The van der Waals surface area contributed by atoms with Crippen LogP contribution in [0.15, 0.2) is 24.3 Å². The molecule has 0 saturated heterocycles. The first kappa shape index (κ1) is 7.62. The molecule has 62 valence electrons. The van der Waals surface area contributed by atoms with E-state index in [1.165, 1.54) is 4.42 Å². The lowest BCUT2D eigenvalue weighted by molar-refractivity contribution is -0.117. The van der Waals surface area contributed by atoms with Crippen molar-refractivity contribution in [3.8, 4) is 0 Å². The van der Waals surface area contributed by atoms with Crippen molar-refractivity contribution in [2.45, 2.75) is 12.8 Å². The van der Waals surface area contributed by atoms with E-state index in [-0.39, 0.29) is 5.91 Å². The van der Waals surface area contributed by atoms with Crippen molar-refractivity contribution in [2.24, 2.45) is 0 Å². The summed E-state index contributed by atoms with van der Waals surface area (Å²) in [6.45, 7) is 0. The number of para-hydroxylation sites is 1. The van der Waals surface area contributed by atoms with E-state index in [1.807, 2.05) is 24.3 Å². The zero-order chi connectivity index (χ0) is 8.55. The third-order valence-corrected chi connectivity index (χ3v) is 2.40. The molecule has 0 aromatic heterocycles. The second-order valence-corrected chi connectivity index (χ2v) is 3.14. The third-order valence-electron chi connectivity index (χ3n) is 2.03. The number of fused-ring (bicyclic) bond motifs is 1. The van der Waals surface area contributed by atoms with Crippen LogP contribution in [0.1, 0.15) is 12.0 Å². The van der Waals surface area contributed by atoms with E-state index in [9.17, 15) is 4.79 Å². The fourth-order valence-corrected chi connectivity index (χ4v) is 1.64. The number of hydrogen-bond donors (Lipinski definition) is 0. The summed E-state index contributed by atoms with van der Waals surface area (Å²) in [6.07, 6.45) is 1.32. The minimum Gasteiger partial charge on any atom is -0.273 e. The van der Waals surface area contributed by atoms with E-state index in [0.29, 0.717) is 6.42 Å². The molecule has 1 aromatic rings. The highest BCUT2D eigenvalue weighted by Crippen LogP contribution is 2.28. The average molecular weight is 182 g/mol. The number of aryl methyl sites for hydroxylation is 1. The Bertz CT molecular complexity index is 324. The van der Waals surface area contributed by atoms with Gasteiger partial charge in [0.25, 0.3) is 0 Å². The Balaban J connectivity index is 2.48. The molecular formula is C9H8ClNO. The van der Waals surface area contributed by atoms with Gasteiger partial charge in [-0.2, -0.15) is 0 Å². The summed E-state index contributed by atoms with van der Waals surface area (Å²) < 4.78 is 1.21. The lowest BCUT2D eigenvalue weighted by Crippen LogP contribution is -2.26. The van der Waals surface area contributed by atoms with Gasteiger partial charge in [-0.15, -0.1) is 0 Å². The first-order valence-corrected chi connectivity index (χ1v) is 4.19. The summed E-state index contributed by atoms with van der Waals surface area (Å²) in [7, 11) is 0. The third kappa shape index (κ3) is 1.08. The van der Waals surface area contributed by atoms with Gasteiger partial charge < -0.3 is 0 Å². The van der Waals surface area contributed by atoms with Crippen LogP contribution in [0.5, 0.6) is 0 Å². The molecule has 0 saturated carbocycles. The van der Waals surface area contributed by atoms with E-state index in [1.54, 1.807) is 0 Å². The number of amides is 1. The van der Waals surface area contributed by atoms with Crippen LogP contribution in [0.4, 0.5) is 5.69 Å². The van der Waals surface area contributed by atoms with Crippen molar-refractivity contribution in [1.29, 1.82) is 0 Å². The van der Waals surface area contributed by atoms with Crippen molar-refractivity contribution < 1.29 is 4.79 Å². The monoisotopic (exact) mass is 181 g/mol. The number of carbonyl (C=O) groups is 1. The van der Waals surface area contributed by atoms with Gasteiger partial charge in [-0.25, -0.2) is 4.42 Å². The van der Waals surface area contributed by atoms with Crippen molar-refractivity contribution in [2.75, 3.05) is 4.42 Å². The molecule has 0 unspecified atom stereocenters. The van der Waals surface area contributed by atoms with Crippen LogP contribution in [0.3, 0.4) is 0 Å². The van der Waals surface area contributed by atoms with Crippen LogP contribution in [0.25, 0.3) is 0 Å². The first-order chi connectivity index (χ1) is 5.79. The summed E-state index contributed by atoms with van der Waals surface area (Å²) in [4.78, 5) is 11.2. The molecule has 0 aliphatic carbocycles. The molecule has 0 N–H and O–H groups in total. The molecule has 1 aliphatic heterocycles. The maximum Gasteiger partial charge on any atom is 0.241 e. The molecule has 2 nitrogen and oxygen atoms in total. The minimum absolute atomic E-state index is 0.0182. The summed E-state index contributed by atoms with van der Waals surface area (Å²) in [5.74, 6) is -0.0182. The van der Waals surface area contributed by atoms with E-state index < -0.39 is 0 Å². The standard InChI is InChI=1S/C9H8ClNO/c10-11-8-4-2-1-3-7(8)5-6-9(11)12/h1-4H,5-6H2. The second-order valence-electron chi connectivity index (χ2n) is 2.80. The first-order valence-electron chi connectivity index (χ1n) is 3.85. The Morgan fingerprint density at radius 1 is 1.25 bits per heavy atom. The van der Waals surface area contributed by atoms with Gasteiger partial charge in [-0.3, -0.25) is 4.79 Å². The second kappa shape index (κ2) is 2.79. The van der Waals surface area contributed by atoms with Gasteiger partial charge in [0.2, 0.25) is 5.91 Å². The normalized spacial score (nSPS) is 16.1. The lowest BCUT2D eigenvalue weighted by atomic mass is 10.0. The number of hydrogen-bond acceptors (Lipinski definition) is 1. The molecule has 1 aromatic carbocycles. The van der Waals surface area contributed by atoms with E-state index in [2.05, 4.69) is 0 Å². The Hall–Kier alpha value is -1.02. The van der Waals surface area contributed by atoms with E-state index in [0.717, 1.165) is 17.7 Å². The summed E-state index contributed by atoms with van der Waals surface area (Å²) >= 11 is 5.78. The predicted octanol–water partition coefficient (Wildman–Crippen LogP) is 2.12. The fourth-order valence-electron chi connectivity index (χ4n) is 1.39. The highest BCUT2D eigenvalue weighted by Gasteiger charge is 2.21. The number of carbonyl (C=O) groups excluding carboxylic acids is 1. The maximum absolute atomic E-state index is 11.2.